The Balaban J connectivity index is 1.03. The fourth-order valence-corrected chi connectivity index (χ4v) is 6.80. The Labute approximate surface area is 259 Å². The second kappa shape index (κ2) is 13.1. The molecule has 0 bridgehead atoms. The molecule has 4 fully saturated rings. The van der Waals surface area contributed by atoms with Crippen LogP contribution < -0.4 is 21.3 Å². The quantitative estimate of drug-likeness (QED) is 0.336. The fraction of sp³-hybridized carbons (Fsp3) is 0.515. The number of carbonyl (C=O) groups excluding carboxylic acids is 1. The maximum atomic E-state index is 12.6. The van der Waals surface area contributed by atoms with Crippen LogP contribution in [-0.2, 0) is 4.74 Å². The van der Waals surface area contributed by atoms with Gasteiger partial charge in [-0.1, -0.05) is 6.07 Å². The predicted octanol–water partition coefficient (Wildman–Crippen LogP) is 3.72. The number of ether oxygens (including phenoxy) is 1. The lowest BCUT2D eigenvalue weighted by Crippen LogP contribution is -2.53. The van der Waals surface area contributed by atoms with Crippen molar-refractivity contribution in [3.8, 4) is 11.4 Å². The van der Waals surface area contributed by atoms with E-state index in [4.69, 9.17) is 15.5 Å². The van der Waals surface area contributed by atoms with Crippen molar-refractivity contribution in [1.29, 1.82) is 0 Å². The van der Waals surface area contributed by atoms with Crippen LogP contribution in [0.3, 0.4) is 0 Å². The minimum atomic E-state index is -0.650. The number of nitrogens with two attached hydrogens (primary N) is 1. The van der Waals surface area contributed by atoms with E-state index >= 15 is 0 Å². The van der Waals surface area contributed by atoms with Gasteiger partial charge in [0.1, 0.15) is 5.69 Å². The number of piperazine rings is 1. The minimum absolute atomic E-state index is 0.0762. The molecule has 4 N–H and O–H groups in total. The Kier molecular flexibility index (Phi) is 8.59. The van der Waals surface area contributed by atoms with Crippen LogP contribution in [0.2, 0.25) is 0 Å². The standard InChI is InChI=1S/C33H43N9O2/c34-31(43)30-33(39-32(37-24-12-21-44-22-13-24)29(38-30)28-3-1-2-14-35-28)36-23-4-6-25(7-5-23)40-15-10-27(11-16-40)42-19-17-41(18-20-42)26-8-9-26/h1-7,14,24,26-27H,8-13,15-22H2,(H2,34,43)(H2,36,37,39). The number of carbonyl (C=O) groups is 1. The van der Waals surface area contributed by atoms with Gasteiger partial charge in [0.05, 0.1) is 5.69 Å². The molecule has 4 aliphatic rings. The lowest BCUT2D eigenvalue weighted by atomic mass is 10.0. The van der Waals surface area contributed by atoms with Crippen molar-refractivity contribution in [2.24, 2.45) is 5.73 Å². The Hall–Kier alpha value is -3.80. The second-order valence-electron chi connectivity index (χ2n) is 12.4. The summed E-state index contributed by atoms with van der Waals surface area (Å²) in [6.07, 6.45) is 8.63. The average Bonchev–Trinajstić information content (AvgIpc) is 3.92. The third kappa shape index (κ3) is 6.64. The maximum Gasteiger partial charge on any atom is 0.271 e. The number of benzene rings is 1. The molecular weight excluding hydrogens is 554 g/mol. The van der Waals surface area contributed by atoms with E-state index in [1.165, 1.54) is 57.5 Å². The third-order valence-electron chi connectivity index (χ3n) is 9.49. The Morgan fingerprint density at radius 1 is 0.795 bits per heavy atom. The van der Waals surface area contributed by atoms with Gasteiger partial charge < -0.3 is 26.0 Å². The lowest BCUT2D eigenvalue weighted by Gasteiger charge is -2.43. The summed E-state index contributed by atoms with van der Waals surface area (Å²) in [4.78, 5) is 34.5. The largest absolute Gasteiger partial charge is 0.381 e. The van der Waals surface area contributed by atoms with Gasteiger partial charge in [-0.2, -0.15) is 0 Å². The van der Waals surface area contributed by atoms with E-state index < -0.39 is 5.91 Å². The van der Waals surface area contributed by atoms with Gasteiger partial charge in [-0.05, 0) is 74.9 Å². The highest BCUT2D eigenvalue weighted by Gasteiger charge is 2.34. The van der Waals surface area contributed by atoms with Crippen molar-refractivity contribution >= 4 is 28.9 Å². The van der Waals surface area contributed by atoms with Gasteiger partial charge in [0.15, 0.2) is 17.3 Å². The summed E-state index contributed by atoms with van der Waals surface area (Å²) in [6, 6.07) is 15.7. The smallest absolute Gasteiger partial charge is 0.271 e. The number of nitrogens with zero attached hydrogens (tertiary/aromatic N) is 6. The highest BCUT2D eigenvalue weighted by Crippen LogP contribution is 2.32. The van der Waals surface area contributed by atoms with Crippen LogP contribution in [0.15, 0.2) is 48.7 Å². The van der Waals surface area contributed by atoms with Crippen molar-refractivity contribution in [2.75, 3.05) is 68.0 Å². The van der Waals surface area contributed by atoms with Gasteiger partial charge in [-0.15, -0.1) is 0 Å². The van der Waals surface area contributed by atoms with Crippen LogP contribution in [0.5, 0.6) is 0 Å². The fourth-order valence-electron chi connectivity index (χ4n) is 6.80. The molecule has 1 amide bonds. The molecule has 3 aromatic rings. The number of hydrogen-bond acceptors (Lipinski definition) is 10. The summed E-state index contributed by atoms with van der Waals surface area (Å²) >= 11 is 0. The molecule has 0 spiro atoms. The van der Waals surface area contributed by atoms with Gasteiger partial charge in [0.25, 0.3) is 5.91 Å². The van der Waals surface area contributed by atoms with E-state index in [2.05, 4.69) is 47.4 Å². The normalized spacial score (nSPS) is 20.9. The number of piperidine rings is 1. The number of aromatic nitrogens is 3. The zero-order chi connectivity index (χ0) is 29.9. The van der Waals surface area contributed by atoms with E-state index in [-0.39, 0.29) is 11.7 Å². The molecule has 1 saturated carbocycles. The van der Waals surface area contributed by atoms with Crippen LogP contribution in [0, 0.1) is 0 Å². The number of amides is 1. The van der Waals surface area contributed by atoms with Gasteiger partial charge >= 0.3 is 0 Å². The Morgan fingerprint density at radius 3 is 2.09 bits per heavy atom. The molecule has 3 aliphatic heterocycles. The van der Waals surface area contributed by atoms with Crippen LogP contribution in [0.1, 0.15) is 49.0 Å². The van der Waals surface area contributed by atoms with Crippen LogP contribution >= 0.6 is 0 Å². The molecule has 0 radical (unpaired) electrons. The highest BCUT2D eigenvalue weighted by atomic mass is 16.5. The third-order valence-corrected chi connectivity index (χ3v) is 9.49. The van der Waals surface area contributed by atoms with Gasteiger partial charge in [-0.25, -0.2) is 9.97 Å². The van der Waals surface area contributed by atoms with Crippen LogP contribution in [0.25, 0.3) is 11.4 Å². The minimum Gasteiger partial charge on any atom is -0.381 e. The maximum absolute atomic E-state index is 12.6. The van der Waals surface area contributed by atoms with E-state index in [0.29, 0.717) is 42.3 Å². The first-order valence-electron chi connectivity index (χ1n) is 16.2. The first-order valence-corrected chi connectivity index (χ1v) is 16.2. The molecule has 1 aromatic carbocycles. The van der Waals surface area contributed by atoms with Crippen molar-refractivity contribution in [3.63, 3.8) is 0 Å². The SMILES string of the molecule is NC(=O)c1nc(-c2ccccn2)c(NC2CCOCC2)nc1Nc1ccc(N2CCC(N3CCN(C4CC4)CC3)CC2)cc1. The molecule has 2 aromatic heterocycles. The predicted molar refractivity (Wildman–Crippen MR) is 172 cm³/mol. The molecule has 0 atom stereocenters. The first-order chi connectivity index (χ1) is 21.6. The number of hydrogen-bond donors (Lipinski definition) is 3. The Morgan fingerprint density at radius 2 is 1.48 bits per heavy atom. The lowest BCUT2D eigenvalue weighted by molar-refractivity contribution is 0.0809. The van der Waals surface area contributed by atoms with Crippen LogP contribution in [0.4, 0.5) is 23.0 Å². The second-order valence-corrected chi connectivity index (χ2v) is 12.4. The molecule has 232 valence electrons. The molecule has 3 saturated heterocycles. The molecule has 5 heterocycles. The van der Waals surface area contributed by atoms with Crippen molar-refractivity contribution in [3.05, 3.63) is 54.4 Å². The number of rotatable bonds is 9. The molecule has 11 heteroatoms. The molecule has 7 rings (SSSR count). The highest BCUT2D eigenvalue weighted by molar-refractivity contribution is 5.97. The van der Waals surface area contributed by atoms with Crippen molar-refractivity contribution < 1.29 is 9.53 Å². The van der Waals surface area contributed by atoms with E-state index in [0.717, 1.165) is 37.7 Å². The van der Waals surface area contributed by atoms with Gasteiger partial charge in [0, 0.05) is 88.2 Å². The van der Waals surface area contributed by atoms with E-state index in [1.807, 2.05) is 30.3 Å². The van der Waals surface area contributed by atoms with Crippen molar-refractivity contribution in [1.82, 2.24) is 24.8 Å². The summed E-state index contributed by atoms with van der Waals surface area (Å²) in [5.41, 5.74) is 9.03. The number of pyridine rings is 1. The number of primary amides is 1. The molecule has 0 unspecified atom stereocenters. The molecule has 1 aliphatic carbocycles. The first kappa shape index (κ1) is 28.9. The molecular formula is C33H43N9O2. The van der Waals surface area contributed by atoms with E-state index in [1.54, 1.807) is 6.20 Å². The summed E-state index contributed by atoms with van der Waals surface area (Å²) in [6.45, 7) is 8.41. The Bertz CT molecular complexity index is 1410. The van der Waals surface area contributed by atoms with Crippen molar-refractivity contribution in [2.45, 2.75) is 56.7 Å². The van der Waals surface area contributed by atoms with E-state index in [9.17, 15) is 4.79 Å². The summed E-state index contributed by atoms with van der Waals surface area (Å²) in [7, 11) is 0. The summed E-state index contributed by atoms with van der Waals surface area (Å²) < 4.78 is 5.54. The molecule has 44 heavy (non-hydrogen) atoms. The number of nitrogens with one attached hydrogen (secondary N) is 2. The number of anilines is 4. The monoisotopic (exact) mass is 597 g/mol. The van der Waals surface area contributed by atoms with Crippen LogP contribution in [-0.4, -0.2) is 101 Å². The summed E-state index contributed by atoms with van der Waals surface area (Å²) in [5.74, 6) is 0.238. The zero-order valence-corrected chi connectivity index (χ0v) is 25.3. The topological polar surface area (TPSA) is 125 Å². The average molecular weight is 598 g/mol. The summed E-state index contributed by atoms with van der Waals surface area (Å²) in [5, 5.41) is 6.85. The van der Waals surface area contributed by atoms with Gasteiger partial charge in [-0.3, -0.25) is 19.6 Å². The molecule has 11 nitrogen and oxygen atoms in total. The van der Waals surface area contributed by atoms with Gasteiger partial charge in [0.2, 0.25) is 0 Å². The zero-order valence-electron chi connectivity index (χ0n) is 25.3.